The zero-order chi connectivity index (χ0) is 22.2. The first-order chi connectivity index (χ1) is 15.0. The number of benzene rings is 1. The average Bonchev–Trinajstić information content (AvgIpc) is 3.46. The minimum Gasteiger partial charge on any atom is -0.465 e. The summed E-state index contributed by atoms with van der Waals surface area (Å²) in [6, 6.07) is 8.06. The van der Waals surface area contributed by atoms with Crippen LogP contribution >= 0.6 is 0 Å². The van der Waals surface area contributed by atoms with E-state index >= 15 is 0 Å². The van der Waals surface area contributed by atoms with Crippen molar-refractivity contribution in [3.63, 3.8) is 0 Å². The van der Waals surface area contributed by atoms with E-state index in [0.29, 0.717) is 38.8 Å². The van der Waals surface area contributed by atoms with E-state index in [4.69, 9.17) is 9.47 Å². The Balaban J connectivity index is 1.57. The summed E-state index contributed by atoms with van der Waals surface area (Å²) >= 11 is 0. The van der Waals surface area contributed by atoms with Gasteiger partial charge in [-0.15, -0.1) is 0 Å². The molecular weight excluding hydrogens is 402 g/mol. The topological polar surface area (TPSA) is 105 Å². The van der Waals surface area contributed by atoms with Crippen LogP contribution in [0.3, 0.4) is 0 Å². The highest BCUT2D eigenvalue weighted by Crippen LogP contribution is 2.25. The van der Waals surface area contributed by atoms with Crippen LogP contribution < -0.4 is 5.32 Å². The van der Waals surface area contributed by atoms with E-state index in [0.717, 1.165) is 5.56 Å². The molecule has 31 heavy (non-hydrogen) atoms. The third-order valence-electron chi connectivity index (χ3n) is 5.53. The largest absolute Gasteiger partial charge is 0.465 e. The zero-order valence-electron chi connectivity index (χ0n) is 17.7. The quantitative estimate of drug-likeness (QED) is 0.656. The maximum atomic E-state index is 13.2. The molecule has 3 rings (SSSR count). The van der Waals surface area contributed by atoms with Gasteiger partial charge in [-0.05, 0) is 38.2 Å². The average molecular weight is 431 g/mol. The number of hydrogen-bond acceptors (Lipinski definition) is 6. The third kappa shape index (κ3) is 5.74. The lowest BCUT2D eigenvalue weighted by molar-refractivity contribution is -0.145. The van der Waals surface area contributed by atoms with Gasteiger partial charge in [0, 0.05) is 13.1 Å². The summed E-state index contributed by atoms with van der Waals surface area (Å²) in [6.07, 6.45) is 1.92. The summed E-state index contributed by atoms with van der Waals surface area (Å²) in [5.74, 6) is -1.15. The molecule has 0 saturated carbocycles. The molecule has 0 aromatic heterocycles. The molecule has 0 radical (unpaired) electrons. The van der Waals surface area contributed by atoms with Crippen LogP contribution in [0, 0.1) is 0 Å². The van der Waals surface area contributed by atoms with Gasteiger partial charge in [-0.3, -0.25) is 19.3 Å². The SMILES string of the molecule is CCOC(=O)CNC(=O)[C@@H]1CCCN1C(=O)[C@@H]1CCCN1C(=O)OCc1ccccc1. The number of esters is 1. The fourth-order valence-corrected chi connectivity index (χ4v) is 4.03. The lowest BCUT2D eigenvalue weighted by Gasteiger charge is -2.30. The summed E-state index contributed by atoms with van der Waals surface area (Å²) in [5.41, 5.74) is 0.871. The van der Waals surface area contributed by atoms with Crippen LogP contribution in [-0.2, 0) is 30.5 Å². The Hall–Kier alpha value is -3.10. The van der Waals surface area contributed by atoms with E-state index in [1.807, 2.05) is 30.3 Å². The molecule has 0 unspecified atom stereocenters. The maximum Gasteiger partial charge on any atom is 0.410 e. The number of carbonyl (C=O) groups is 4. The van der Waals surface area contributed by atoms with Crippen molar-refractivity contribution < 1.29 is 28.7 Å². The smallest absolute Gasteiger partial charge is 0.410 e. The molecule has 1 aromatic rings. The molecule has 0 spiro atoms. The number of ether oxygens (including phenoxy) is 2. The molecule has 1 N–H and O–H groups in total. The highest BCUT2D eigenvalue weighted by molar-refractivity contribution is 5.93. The Morgan fingerprint density at radius 2 is 1.65 bits per heavy atom. The summed E-state index contributed by atoms with van der Waals surface area (Å²) in [6.45, 7) is 2.72. The fourth-order valence-electron chi connectivity index (χ4n) is 4.03. The Kier molecular flexibility index (Phi) is 7.86. The monoisotopic (exact) mass is 431 g/mol. The Bertz CT molecular complexity index is 800. The van der Waals surface area contributed by atoms with Crippen LogP contribution in [0.1, 0.15) is 38.2 Å². The normalized spacial score (nSPS) is 20.4. The first-order valence-electron chi connectivity index (χ1n) is 10.7. The second kappa shape index (κ2) is 10.8. The van der Waals surface area contributed by atoms with Gasteiger partial charge < -0.3 is 19.7 Å². The fraction of sp³-hybridized carbons (Fsp3) is 0.545. The summed E-state index contributed by atoms with van der Waals surface area (Å²) in [7, 11) is 0. The van der Waals surface area contributed by atoms with Crippen LogP contribution in [0.2, 0.25) is 0 Å². The van der Waals surface area contributed by atoms with Gasteiger partial charge in [0.1, 0.15) is 25.2 Å². The second-order valence-electron chi connectivity index (χ2n) is 7.60. The summed E-state index contributed by atoms with van der Waals surface area (Å²) in [4.78, 5) is 52.8. The van der Waals surface area contributed by atoms with Gasteiger partial charge in [0.2, 0.25) is 11.8 Å². The van der Waals surface area contributed by atoms with Crippen molar-refractivity contribution in [2.24, 2.45) is 0 Å². The summed E-state index contributed by atoms with van der Waals surface area (Å²) < 4.78 is 10.2. The molecule has 2 heterocycles. The highest BCUT2D eigenvalue weighted by Gasteiger charge is 2.42. The van der Waals surface area contributed by atoms with E-state index in [1.165, 1.54) is 9.80 Å². The summed E-state index contributed by atoms with van der Waals surface area (Å²) in [5, 5.41) is 2.54. The van der Waals surface area contributed by atoms with Crippen molar-refractivity contribution in [3.8, 4) is 0 Å². The van der Waals surface area contributed by atoms with E-state index in [1.54, 1.807) is 6.92 Å². The molecule has 0 aliphatic carbocycles. The number of amides is 3. The van der Waals surface area contributed by atoms with Gasteiger partial charge >= 0.3 is 12.1 Å². The van der Waals surface area contributed by atoms with Crippen molar-refractivity contribution in [2.45, 2.75) is 51.3 Å². The Morgan fingerprint density at radius 1 is 0.968 bits per heavy atom. The minimum atomic E-state index is -0.648. The van der Waals surface area contributed by atoms with Crippen LogP contribution in [-0.4, -0.2) is 72.0 Å². The number of carbonyl (C=O) groups excluding carboxylic acids is 4. The number of nitrogens with zero attached hydrogens (tertiary/aromatic N) is 2. The van der Waals surface area contributed by atoms with E-state index in [-0.39, 0.29) is 31.6 Å². The second-order valence-corrected chi connectivity index (χ2v) is 7.60. The molecule has 168 valence electrons. The van der Waals surface area contributed by atoms with Crippen LogP contribution in [0.4, 0.5) is 4.79 Å². The van der Waals surface area contributed by atoms with Gasteiger partial charge in [-0.1, -0.05) is 30.3 Å². The van der Waals surface area contributed by atoms with Gasteiger partial charge in [0.25, 0.3) is 0 Å². The molecule has 2 saturated heterocycles. The van der Waals surface area contributed by atoms with Gasteiger partial charge in [0.05, 0.1) is 6.61 Å². The van der Waals surface area contributed by atoms with E-state index in [9.17, 15) is 19.2 Å². The zero-order valence-corrected chi connectivity index (χ0v) is 17.7. The van der Waals surface area contributed by atoms with Crippen molar-refractivity contribution in [3.05, 3.63) is 35.9 Å². The lowest BCUT2D eigenvalue weighted by atomic mass is 10.1. The predicted molar refractivity (Wildman–Crippen MR) is 111 cm³/mol. The molecule has 0 bridgehead atoms. The molecule has 2 fully saturated rings. The lowest BCUT2D eigenvalue weighted by Crippen LogP contribution is -2.53. The van der Waals surface area contributed by atoms with Crippen molar-refractivity contribution in [1.82, 2.24) is 15.1 Å². The van der Waals surface area contributed by atoms with Crippen LogP contribution in [0.15, 0.2) is 30.3 Å². The van der Waals surface area contributed by atoms with Crippen molar-refractivity contribution in [1.29, 1.82) is 0 Å². The van der Waals surface area contributed by atoms with Gasteiger partial charge in [-0.25, -0.2) is 4.79 Å². The number of rotatable bonds is 7. The van der Waals surface area contributed by atoms with Gasteiger partial charge in [0.15, 0.2) is 0 Å². The van der Waals surface area contributed by atoms with E-state index < -0.39 is 24.1 Å². The molecule has 1 aromatic carbocycles. The van der Waals surface area contributed by atoms with Crippen molar-refractivity contribution in [2.75, 3.05) is 26.2 Å². The highest BCUT2D eigenvalue weighted by atomic mass is 16.6. The molecule has 2 aliphatic heterocycles. The van der Waals surface area contributed by atoms with Crippen LogP contribution in [0.25, 0.3) is 0 Å². The van der Waals surface area contributed by atoms with Gasteiger partial charge in [-0.2, -0.15) is 0 Å². The molecular formula is C22H29N3O6. The third-order valence-corrected chi connectivity index (χ3v) is 5.53. The number of likely N-dealkylation sites (tertiary alicyclic amines) is 2. The maximum absolute atomic E-state index is 13.2. The number of nitrogens with one attached hydrogen (secondary N) is 1. The minimum absolute atomic E-state index is 0.139. The standard InChI is InChI=1S/C22H29N3O6/c1-2-30-19(26)14-23-20(27)17-10-6-12-24(17)21(28)18-11-7-13-25(18)22(29)31-15-16-8-4-3-5-9-16/h3-5,8-9,17-18H,2,6-7,10-15H2,1H3,(H,23,27)/t17-,18-/m0/s1. The predicted octanol–water partition coefficient (Wildman–Crippen LogP) is 1.46. The first-order valence-corrected chi connectivity index (χ1v) is 10.7. The molecule has 9 nitrogen and oxygen atoms in total. The number of hydrogen-bond donors (Lipinski definition) is 1. The molecule has 9 heteroatoms. The first kappa shape index (κ1) is 22.6. The van der Waals surface area contributed by atoms with E-state index in [2.05, 4.69) is 5.32 Å². The van der Waals surface area contributed by atoms with Crippen molar-refractivity contribution >= 4 is 23.9 Å². The molecule has 3 amide bonds. The Morgan fingerprint density at radius 3 is 2.35 bits per heavy atom. The Labute approximate surface area is 181 Å². The van der Waals surface area contributed by atoms with Crippen LogP contribution in [0.5, 0.6) is 0 Å². The molecule has 2 aliphatic rings. The molecule has 2 atom stereocenters.